The van der Waals surface area contributed by atoms with Crippen LogP contribution in [-0.4, -0.2) is 22.6 Å². The average Bonchev–Trinajstić information content (AvgIpc) is 3.03. The zero-order valence-corrected chi connectivity index (χ0v) is 12.2. The topological polar surface area (TPSA) is 71.5 Å². The van der Waals surface area contributed by atoms with Gasteiger partial charge in [0.15, 0.2) is 11.5 Å². The molecule has 112 valence electrons. The molecule has 0 bridgehead atoms. The Bertz CT molecular complexity index is 637. The molecule has 0 saturated carbocycles. The van der Waals surface area contributed by atoms with Crippen LogP contribution in [0.3, 0.4) is 0 Å². The van der Waals surface area contributed by atoms with Crippen molar-refractivity contribution in [3.05, 3.63) is 35.7 Å². The lowest BCUT2D eigenvalue weighted by atomic mass is 10.1. The third kappa shape index (κ3) is 3.11. The Labute approximate surface area is 123 Å². The average molecular weight is 289 g/mol. The summed E-state index contributed by atoms with van der Waals surface area (Å²) in [5.41, 5.74) is 7.80. The van der Waals surface area contributed by atoms with Crippen LogP contribution in [0, 0.1) is 0 Å². The minimum Gasteiger partial charge on any atom is -0.487 e. The molecule has 1 unspecified atom stereocenters. The van der Waals surface area contributed by atoms with Crippen LogP contribution in [0.2, 0.25) is 0 Å². The van der Waals surface area contributed by atoms with E-state index in [0.29, 0.717) is 18.8 Å². The van der Waals surface area contributed by atoms with Crippen molar-refractivity contribution in [1.29, 1.82) is 0 Å². The molecule has 0 amide bonds. The van der Waals surface area contributed by atoms with Crippen LogP contribution >= 0.6 is 0 Å². The first kappa shape index (κ1) is 13.8. The van der Waals surface area contributed by atoms with Crippen LogP contribution < -0.4 is 19.9 Å². The second-order valence-electron chi connectivity index (χ2n) is 5.26. The summed E-state index contributed by atoms with van der Waals surface area (Å²) < 4.78 is 18.5. The van der Waals surface area contributed by atoms with Gasteiger partial charge in [-0.3, -0.25) is 4.68 Å². The quantitative estimate of drug-likeness (QED) is 0.905. The molecule has 0 fully saturated rings. The molecule has 0 spiro atoms. The highest BCUT2D eigenvalue weighted by atomic mass is 16.7. The van der Waals surface area contributed by atoms with Gasteiger partial charge in [0.1, 0.15) is 12.4 Å². The van der Waals surface area contributed by atoms with Gasteiger partial charge in [-0.25, -0.2) is 0 Å². The molecule has 0 saturated heterocycles. The number of hydrogen-bond donors (Lipinski definition) is 1. The second kappa shape index (κ2) is 5.65. The van der Waals surface area contributed by atoms with E-state index in [2.05, 4.69) is 5.10 Å². The lowest BCUT2D eigenvalue weighted by Crippen LogP contribution is -2.18. The maximum Gasteiger partial charge on any atom is 0.231 e. The van der Waals surface area contributed by atoms with Crippen molar-refractivity contribution < 1.29 is 14.2 Å². The maximum atomic E-state index is 5.91. The van der Waals surface area contributed by atoms with Gasteiger partial charge in [0.05, 0.1) is 5.69 Å². The highest BCUT2D eigenvalue weighted by molar-refractivity contribution is 5.52. The first-order chi connectivity index (χ1) is 10.1. The highest BCUT2D eigenvalue weighted by Gasteiger charge is 2.19. The molecule has 1 aliphatic rings. The van der Waals surface area contributed by atoms with E-state index in [1.165, 1.54) is 0 Å². The summed E-state index contributed by atoms with van der Waals surface area (Å²) >= 11 is 0. The summed E-state index contributed by atoms with van der Waals surface area (Å²) in [6, 6.07) is 5.78. The zero-order valence-electron chi connectivity index (χ0n) is 12.2. The van der Waals surface area contributed by atoms with E-state index in [1.54, 1.807) is 4.68 Å². The Kier molecular flexibility index (Phi) is 3.70. The first-order valence-corrected chi connectivity index (χ1v) is 6.91. The Morgan fingerprint density at radius 3 is 2.81 bits per heavy atom. The SMILES string of the molecule is CC(N)Cc1cc2c(cc1OCc1ccn(C)n1)OCO2. The highest BCUT2D eigenvalue weighted by Crippen LogP contribution is 2.38. The molecule has 1 atom stereocenters. The van der Waals surface area contributed by atoms with Gasteiger partial charge in [-0.15, -0.1) is 0 Å². The van der Waals surface area contributed by atoms with Crippen molar-refractivity contribution in [2.45, 2.75) is 26.0 Å². The number of nitrogens with two attached hydrogens (primary N) is 1. The van der Waals surface area contributed by atoms with Gasteiger partial charge in [-0.2, -0.15) is 5.10 Å². The molecule has 2 heterocycles. The van der Waals surface area contributed by atoms with Crippen LogP contribution in [0.15, 0.2) is 24.4 Å². The van der Waals surface area contributed by atoms with Gasteiger partial charge < -0.3 is 19.9 Å². The molecular weight excluding hydrogens is 270 g/mol. The van der Waals surface area contributed by atoms with Crippen LogP contribution in [0.5, 0.6) is 17.2 Å². The largest absolute Gasteiger partial charge is 0.487 e. The van der Waals surface area contributed by atoms with E-state index in [4.69, 9.17) is 19.9 Å². The molecule has 2 aromatic rings. The number of aryl methyl sites for hydroxylation is 1. The Hall–Kier alpha value is -2.21. The van der Waals surface area contributed by atoms with Crippen molar-refractivity contribution in [3.63, 3.8) is 0 Å². The fourth-order valence-electron chi connectivity index (χ4n) is 2.30. The standard InChI is InChI=1S/C15H19N3O3/c1-10(16)5-11-6-14-15(21-9-20-14)7-13(11)19-8-12-3-4-18(2)17-12/h3-4,6-7,10H,5,8-9,16H2,1-2H3. The first-order valence-electron chi connectivity index (χ1n) is 6.91. The summed E-state index contributed by atoms with van der Waals surface area (Å²) in [6.07, 6.45) is 2.61. The molecule has 21 heavy (non-hydrogen) atoms. The van der Waals surface area contributed by atoms with Crippen molar-refractivity contribution in [2.75, 3.05) is 6.79 Å². The lowest BCUT2D eigenvalue weighted by molar-refractivity contribution is 0.173. The number of ether oxygens (including phenoxy) is 3. The molecular formula is C15H19N3O3. The van der Waals surface area contributed by atoms with Gasteiger partial charge in [0, 0.05) is 25.4 Å². The molecule has 1 aromatic heterocycles. The van der Waals surface area contributed by atoms with Crippen molar-refractivity contribution >= 4 is 0 Å². The molecule has 0 radical (unpaired) electrons. The predicted molar refractivity (Wildman–Crippen MR) is 77.5 cm³/mol. The summed E-state index contributed by atoms with van der Waals surface area (Å²) in [4.78, 5) is 0. The van der Waals surface area contributed by atoms with Crippen LogP contribution in [0.4, 0.5) is 0 Å². The molecule has 6 heteroatoms. The fourth-order valence-corrected chi connectivity index (χ4v) is 2.30. The van der Waals surface area contributed by atoms with Crippen molar-refractivity contribution in [1.82, 2.24) is 9.78 Å². The van der Waals surface area contributed by atoms with Crippen LogP contribution in [-0.2, 0) is 20.1 Å². The van der Waals surface area contributed by atoms with Crippen molar-refractivity contribution in [2.24, 2.45) is 12.8 Å². The smallest absolute Gasteiger partial charge is 0.231 e. The third-order valence-corrected chi connectivity index (χ3v) is 3.24. The normalized spacial score (nSPS) is 14.2. The van der Waals surface area contributed by atoms with E-state index in [1.807, 2.05) is 38.4 Å². The van der Waals surface area contributed by atoms with Crippen LogP contribution in [0.25, 0.3) is 0 Å². The molecule has 2 N–H and O–H groups in total. The maximum absolute atomic E-state index is 5.91. The number of fused-ring (bicyclic) bond motifs is 1. The van der Waals surface area contributed by atoms with E-state index in [0.717, 1.165) is 22.8 Å². The van der Waals surface area contributed by atoms with Crippen LogP contribution in [0.1, 0.15) is 18.2 Å². The van der Waals surface area contributed by atoms with E-state index >= 15 is 0 Å². The summed E-state index contributed by atoms with van der Waals surface area (Å²) in [5, 5.41) is 4.30. The van der Waals surface area contributed by atoms with Gasteiger partial charge in [0.2, 0.25) is 6.79 Å². The Morgan fingerprint density at radius 1 is 1.38 bits per heavy atom. The number of aromatic nitrogens is 2. The zero-order chi connectivity index (χ0) is 14.8. The fraction of sp³-hybridized carbons (Fsp3) is 0.400. The van der Waals surface area contributed by atoms with Gasteiger partial charge in [-0.1, -0.05) is 0 Å². The van der Waals surface area contributed by atoms with E-state index in [-0.39, 0.29) is 12.8 Å². The number of nitrogens with zero attached hydrogens (tertiary/aromatic N) is 2. The predicted octanol–water partition coefficient (Wildman–Crippen LogP) is 1.62. The molecule has 1 aliphatic heterocycles. The van der Waals surface area contributed by atoms with Gasteiger partial charge in [0.25, 0.3) is 0 Å². The minimum atomic E-state index is 0.0440. The summed E-state index contributed by atoms with van der Waals surface area (Å²) in [7, 11) is 1.88. The van der Waals surface area contributed by atoms with E-state index in [9.17, 15) is 0 Å². The number of hydrogen-bond acceptors (Lipinski definition) is 5. The van der Waals surface area contributed by atoms with Crippen molar-refractivity contribution in [3.8, 4) is 17.2 Å². The monoisotopic (exact) mass is 289 g/mol. The second-order valence-corrected chi connectivity index (χ2v) is 5.26. The molecule has 1 aromatic carbocycles. The minimum absolute atomic E-state index is 0.0440. The molecule has 3 rings (SSSR count). The summed E-state index contributed by atoms with van der Waals surface area (Å²) in [6.45, 7) is 2.62. The molecule has 0 aliphatic carbocycles. The Morgan fingerprint density at radius 2 is 2.14 bits per heavy atom. The number of rotatable bonds is 5. The Balaban J connectivity index is 1.81. The van der Waals surface area contributed by atoms with Gasteiger partial charge >= 0.3 is 0 Å². The number of benzene rings is 1. The van der Waals surface area contributed by atoms with E-state index < -0.39 is 0 Å². The van der Waals surface area contributed by atoms with Gasteiger partial charge in [-0.05, 0) is 31.0 Å². The third-order valence-electron chi connectivity index (χ3n) is 3.24. The lowest BCUT2D eigenvalue weighted by Gasteiger charge is -2.13. The summed E-state index contributed by atoms with van der Waals surface area (Å²) in [5.74, 6) is 2.22. The molecule has 6 nitrogen and oxygen atoms in total.